The second-order valence-corrected chi connectivity index (χ2v) is 12.0. The lowest BCUT2D eigenvalue weighted by atomic mass is 9.85. The molecule has 0 bridgehead atoms. The van der Waals surface area contributed by atoms with E-state index in [1.807, 2.05) is 0 Å². The van der Waals surface area contributed by atoms with Crippen molar-refractivity contribution in [3.05, 3.63) is 32.0 Å². The molecule has 0 aromatic carbocycles. The number of primary amides is 2. The molecule has 0 spiro atoms. The smallest absolute Gasteiger partial charge is 0.251 e. The molecule has 2 heterocycles. The summed E-state index contributed by atoms with van der Waals surface area (Å²) in [6.45, 7) is 4.32. The Kier molecular flexibility index (Phi) is 8.14. The number of rotatable bonds is 9. The third-order valence-corrected chi connectivity index (χ3v) is 9.81. The number of nitrogens with two attached hydrogens (primary N) is 2. The highest BCUT2D eigenvalue weighted by Gasteiger charge is 2.29. The molecule has 6 N–H and O–H groups in total. The molecule has 2 aliphatic rings. The highest BCUT2D eigenvalue weighted by Crippen LogP contribution is 2.41. The number of hydrogen-bond acceptors (Lipinski definition) is 6. The zero-order valence-corrected chi connectivity index (χ0v) is 22.5. The first-order chi connectivity index (χ1) is 17.2. The molecule has 194 valence electrons. The van der Waals surface area contributed by atoms with Crippen molar-refractivity contribution in [1.29, 1.82) is 0 Å². The van der Waals surface area contributed by atoms with Gasteiger partial charge in [0.25, 0.3) is 11.8 Å². The molecule has 0 radical (unpaired) electrons. The molecule has 0 saturated carbocycles. The van der Waals surface area contributed by atoms with Gasteiger partial charge in [0, 0.05) is 22.6 Å². The van der Waals surface area contributed by atoms with Crippen LogP contribution in [-0.4, -0.2) is 23.6 Å². The van der Waals surface area contributed by atoms with E-state index in [4.69, 9.17) is 11.5 Å². The normalized spacial score (nSPS) is 18.7. The molecule has 0 aliphatic heterocycles. The van der Waals surface area contributed by atoms with Crippen LogP contribution in [0.4, 0.5) is 10.0 Å². The van der Waals surface area contributed by atoms with Gasteiger partial charge in [0.15, 0.2) is 0 Å². The molecule has 2 aromatic rings. The molecule has 4 amide bonds. The van der Waals surface area contributed by atoms with Crippen molar-refractivity contribution in [2.75, 3.05) is 10.6 Å². The molecule has 2 atom stereocenters. The van der Waals surface area contributed by atoms with Gasteiger partial charge in [-0.15, -0.1) is 22.7 Å². The summed E-state index contributed by atoms with van der Waals surface area (Å²) in [5.41, 5.74) is 14.0. The van der Waals surface area contributed by atoms with E-state index >= 15 is 0 Å². The van der Waals surface area contributed by atoms with E-state index in [1.165, 1.54) is 22.7 Å². The summed E-state index contributed by atoms with van der Waals surface area (Å²) in [6.07, 6.45) is 7.40. The average Bonchev–Trinajstić information content (AvgIpc) is 3.38. The topological polar surface area (TPSA) is 144 Å². The van der Waals surface area contributed by atoms with Crippen LogP contribution in [0.5, 0.6) is 0 Å². The highest BCUT2D eigenvalue weighted by atomic mass is 32.1. The Morgan fingerprint density at radius 3 is 1.47 bits per heavy atom. The van der Waals surface area contributed by atoms with Crippen LogP contribution >= 0.6 is 22.7 Å². The van der Waals surface area contributed by atoms with Gasteiger partial charge in [-0.25, -0.2) is 0 Å². The highest BCUT2D eigenvalue weighted by molar-refractivity contribution is 7.17. The quantitative estimate of drug-likeness (QED) is 0.381. The van der Waals surface area contributed by atoms with Gasteiger partial charge in [-0.2, -0.15) is 0 Å². The zero-order valence-electron chi connectivity index (χ0n) is 20.8. The lowest BCUT2D eigenvalue weighted by Gasteiger charge is -2.20. The van der Waals surface area contributed by atoms with Crippen molar-refractivity contribution in [2.24, 2.45) is 23.3 Å². The van der Waals surface area contributed by atoms with Crippen LogP contribution in [0.25, 0.3) is 0 Å². The molecular weight excluding hydrogens is 496 g/mol. The largest absolute Gasteiger partial charge is 0.365 e. The van der Waals surface area contributed by atoms with Crippen molar-refractivity contribution in [3.63, 3.8) is 0 Å². The molecule has 2 aromatic heterocycles. The maximum absolute atomic E-state index is 12.7. The summed E-state index contributed by atoms with van der Waals surface area (Å²) in [7, 11) is 0. The third kappa shape index (κ3) is 5.49. The zero-order chi connectivity index (χ0) is 26.0. The first kappa shape index (κ1) is 26.3. The van der Waals surface area contributed by atoms with E-state index in [0.717, 1.165) is 72.2 Å². The number of anilines is 2. The summed E-state index contributed by atoms with van der Waals surface area (Å²) in [6, 6.07) is 0. The summed E-state index contributed by atoms with van der Waals surface area (Å²) < 4.78 is 0. The monoisotopic (exact) mass is 530 g/mol. The van der Waals surface area contributed by atoms with Crippen LogP contribution < -0.4 is 22.1 Å². The van der Waals surface area contributed by atoms with E-state index in [0.29, 0.717) is 33.0 Å². The summed E-state index contributed by atoms with van der Waals surface area (Å²) in [5.74, 6) is -0.646. The number of fused-ring (bicyclic) bond motifs is 2. The number of nitrogens with one attached hydrogen (secondary N) is 2. The summed E-state index contributed by atoms with van der Waals surface area (Å²) >= 11 is 2.83. The van der Waals surface area contributed by atoms with Gasteiger partial charge in [0.05, 0.1) is 11.1 Å². The molecule has 4 rings (SSSR count). The van der Waals surface area contributed by atoms with Crippen LogP contribution in [0.2, 0.25) is 0 Å². The van der Waals surface area contributed by atoms with E-state index < -0.39 is 11.8 Å². The van der Waals surface area contributed by atoms with Crippen LogP contribution in [0.3, 0.4) is 0 Å². The maximum Gasteiger partial charge on any atom is 0.251 e. The summed E-state index contributed by atoms with van der Waals surface area (Å²) in [4.78, 5) is 51.9. The Morgan fingerprint density at radius 1 is 0.750 bits per heavy atom. The van der Waals surface area contributed by atoms with E-state index in [-0.39, 0.29) is 24.7 Å². The van der Waals surface area contributed by atoms with Crippen LogP contribution in [-0.2, 0) is 35.3 Å². The van der Waals surface area contributed by atoms with Crippen molar-refractivity contribution in [3.8, 4) is 0 Å². The Hall–Kier alpha value is -2.72. The van der Waals surface area contributed by atoms with Crippen LogP contribution in [0.1, 0.15) is 94.0 Å². The molecule has 2 aliphatic carbocycles. The number of carbonyl (C=O) groups excluding carboxylic acids is 4. The van der Waals surface area contributed by atoms with Gasteiger partial charge in [-0.1, -0.05) is 26.7 Å². The molecule has 36 heavy (non-hydrogen) atoms. The van der Waals surface area contributed by atoms with E-state index in [1.54, 1.807) is 0 Å². The number of amides is 4. The Bertz CT molecular complexity index is 1110. The van der Waals surface area contributed by atoms with Crippen molar-refractivity contribution in [2.45, 2.75) is 78.1 Å². The number of thiophene rings is 2. The third-order valence-electron chi connectivity index (χ3n) is 7.47. The molecule has 2 unspecified atom stereocenters. The Balaban J connectivity index is 1.39. The van der Waals surface area contributed by atoms with E-state index in [2.05, 4.69) is 24.5 Å². The lowest BCUT2D eigenvalue weighted by molar-refractivity contribution is -0.121. The second kappa shape index (κ2) is 11.1. The van der Waals surface area contributed by atoms with Crippen molar-refractivity contribution in [1.82, 2.24) is 0 Å². The number of hydrogen-bond donors (Lipinski definition) is 4. The Labute approximate surface area is 219 Å². The fourth-order valence-electron chi connectivity index (χ4n) is 5.31. The fourth-order valence-corrected chi connectivity index (χ4v) is 8.08. The van der Waals surface area contributed by atoms with Gasteiger partial charge < -0.3 is 22.1 Å². The number of carbonyl (C=O) groups is 4. The van der Waals surface area contributed by atoms with Gasteiger partial charge in [-0.3, -0.25) is 19.2 Å². The lowest BCUT2D eigenvalue weighted by Crippen LogP contribution is -2.21. The van der Waals surface area contributed by atoms with Gasteiger partial charge in [0.2, 0.25) is 11.8 Å². The van der Waals surface area contributed by atoms with Gasteiger partial charge in [0.1, 0.15) is 10.0 Å². The minimum absolute atomic E-state index is 0.0565. The molecular formula is C26H34N4O4S2. The molecule has 0 saturated heterocycles. The van der Waals surface area contributed by atoms with Crippen molar-refractivity contribution >= 4 is 56.3 Å². The van der Waals surface area contributed by atoms with Crippen molar-refractivity contribution < 1.29 is 19.2 Å². The maximum atomic E-state index is 12.7. The predicted octanol–water partition coefficient (Wildman–Crippen LogP) is 4.39. The molecule has 8 nitrogen and oxygen atoms in total. The second-order valence-electron chi connectivity index (χ2n) is 9.77. The minimum atomic E-state index is -0.540. The molecule has 0 fully saturated rings. The fraction of sp³-hybridized carbons (Fsp3) is 0.538. The first-order valence-corrected chi connectivity index (χ1v) is 14.3. The first-order valence-electron chi connectivity index (χ1n) is 12.7. The molecule has 10 heteroatoms. The van der Waals surface area contributed by atoms with Crippen LogP contribution in [0, 0.1) is 11.8 Å². The van der Waals surface area contributed by atoms with Crippen LogP contribution in [0.15, 0.2) is 0 Å². The SMILES string of the molecule is CCC1CCc2c(sc(NC(=O)CCC(=O)Nc3sc4c(c3C(N)=O)CCC(CC)C4)c2C(N)=O)C1. The van der Waals surface area contributed by atoms with E-state index in [9.17, 15) is 19.2 Å². The standard InChI is InChI=1S/C26H34N4O4S2/c1-3-13-5-7-15-17(11-13)35-25(21(15)23(27)33)29-19(31)9-10-20(32)30-26-22(24(28)34)16-8-6-14(4-2)12-18(16)36-26/h13-14H,3-12H2,1-2H3,(H2,27,33)(H2,28,34)(H,29,31)(H,30,32). The minimum Gasteiger partial charge on any atom is -0.365 e. The summed E-state index contributed by atoms with van der Waals surface area (Å²) in [5, 5.41) is 6.57. The average molecular weight is 531 g/mol. The van der Waals surface area contributed by atoms with Gasteiger partial charge >= 0.3 is 0 Å². The Morgan fingerprint density at radius 2 is 1.14 bits per heavy atom. The van der Waals surface area contributed by atoms with Gasteiger partial charge in [-0.05, 0) is 61.5 Å². The predicted molar refractivity (Wildman–Crippen MR) is 144 cm³/mol.